The first-order valence-electron chi connectivity index (χ1n) is 8.98. The highest BCUT2D eigenvalue weighted by atomic mass is 19.1. The number of nitrogens with zero attached hydrogens (tertiary/aromatic N) is 2. The number of aromatic nitrogens is 2. The van der Waals surface area contributed by atoms with E-state index in [0.717, 1.165) is 24.8 Å². The van der Waals surface area contributed by atoms with E-state index in [1.807, 2.05) is 6.20 Å². The van der Waals surface area contributed by atoms with Crippen molar-refractivity contribution in [3.63, 3.8) is 0 Å². The molecular formula is C20H26FN3O2. The molecule has 3 rings (SSSR count). The Bertz CT molecular complexity index is 808. The average Bonchev–Trinajstić information content (AvgIpc) is 3.00. The number of hydrogen-bond donors (Lipinski definition) is 1. The number of halogens is 1. The number of carbonyl (C=O) groups excluding carboxylic acids is 1. The van der Waals surface area contributed by atoms with Crippen molar-refractivity contribution in [2.75, 3.05) is 7.11 Å². The highest BCUT2D eigenvalue weighted by molar-refractivity contribution is 5.79. The van der Waals surface area contributed by atoms with E-state index in [-0.39, 0.29) is 29.7 Å². The molecule has 0 aliphatic heterocycles. The number of ether oxygens (including phenoxy) is 1. The molecule has 1 aromatic heterocycles. The van der Waals surface area contributed by atoms with Gasteiger partial charge in [-0.05, 0) is 57.7 Å². The predicted molar refractivity (Wildman–Crippen MR) is 97.7 cm³/mol. The molecule has 1 aromatic carbocycles. The number of carbonyl (C=O) groups is 1. The second-order valence-corrected chi connectivity index (χ2v) is 7.79. The minimum absolute atomic E-state index is 0.0366. The Kier molecular flexibility index (Phi) is 5.03. The maximum absolute atomic E-state index is 13.8. The maximum Gasteiger partial charge on any atom is 0.224 e. The lowest BCUT2D eigenvalue weighted by Crippen LogP contribution is -2.33. The molecule has 1 atom stereocenters. The molecule has 0 radical (unpaired) electrons. The Morgan fingerprint density at radius 1 is 1.42 bits per heavy atom. The van der Waals surface area contributed by atoms with Crippen molar-refractivity contribution in [1.82, 2.24) is 15.1 Å². The summed E-state index contributed by atoms with van der Waals surface area (Å²) < 4.78 is 20.8. The summed E-state index contributed by atoms with van der Waals surface area (Å²) >= 11 is 0. The van der Waals surface area contributed by atoms with Crippen molar-refractivity contribution < 1.29 is 13.9 Å². The Balaban J connectivity index is 1.71. The first-order chi connectivity index (χ1) is 12.3. The molecule has 1 amide bonds. The summed E-state index contributed by atoms with van der Waals surface area (Å²) in [6.45, 7) is 6.38. The van der Waals surface area contributed by atoms with Gasteiger partial charge in [0.15, 0.2) is 11.6 Å². The SMILES string of the molecule is COc1ccc(CC(=O)NC2CCCc3c2cnn3C(C)(C)C)cc1F. The third kappa shape index (κ3) is 3.74. The van der Waals surface area contributed by atoms with E-state index in [1.165, 1.54) is 18.9 Å². The number of methoxy groups -OCH3 is 1. The molecule has 1 aliphatic carbocycles. The summed E-state index contributed by atoms with van der Waals surface area (Å²) in [5, 5.41) is 7.63. The quantitative estimate of drug-likeness (QED) is 0.909. The van der Waals surface area contributed by atoms with Crippen molar-refractivity contribution in [3.8, 4) is 5.75 Å². The largest absolute Gasteiger partial charge is 0.494 e. The van der Waals surface area contributed by atoms with Crippen LogP contribution in [0.4, 0.5) is 4.39 Å². The molecule has 0 saturated heterocycles. The number of rotatable bonds is 4. The smallest absolute Gasteiger partial charge is 0.224 e. The van der Waals surface area contributed by atoms with Crippen LogP contribution in [0.3, 0.4) is 0 Å². The second kappa shape index (κ2) is 7.09. The van der Waals surface area contributed by atoms with E-state index in [0.29, 0.717) is 5.56 Å². The van der Waals surface area contributed by atoms with Gasteiger partial charge in [-0.25, -0.2) is 4.39 Å². The number of nitrogens with one attached hydrogen (secondary N) is 1. The Morgan fingerprint density at radius 3 is 2.85 bits per heavy atom. The Morgan fingerprint density at radius 2 is 2.19 bits per heavy atom. The van der Waals surface area contributed by atoms with Crippen LogP contribution in [0.5, 0.6) is 5.75 Å². The fourth-order valence-corrected chi connectivity index (χ4v) is 3.54. The summed E-state index contributed by atoms with van der Waals surface area (Å²) in [6.07, 6.45) is 4.89. The van der Waals surface area contributed by atoms with Gasteiger partial charge in [0.25, 0.3) is 0 Å². The van der Waals surface area contributed by atoms with Crippen molar-refractivity contribution in [1.29, 1.82) is 0 Å². The van der Waals surface area contributed by atoms with Crippen molar-refractivity contribution in [2.24, 2.45) is 0 Å². The van der Waals surface area contributed by atoms with E-state index in [9.17, 15) is 9.18 Å². The summed E-state index contributed by atoms with van der Waals surface area (Å²) in [7, 11) is 1.42. The van der Waals surface area contributed by atoms with Gasteiger partial charge in [0.2, 0.25) is 5.91 Å². The highest BCUT2D eigenvalue weighted by Crippen LogP contribution is 2.32. The molecular weight excluding hydrogens is 333 g/mol. The van der Waals surface area contributed by atoms with Crippen LogP contribution in [-0.4, -0.2) is 22.8 Å². The average molecular weight is 359 g/mol. The molecule has 0 saturated carbocycles. The minimum Gasteiger partial charge on any atom is -0.494 e. The lowest BCUT2D eigenvalue weighted by molar-refractivity contribution is -0.121. The summed E-state index contributed by atoms with van der Waals surface area (Å²) in [4.78, 5) is 12.5. The standard InChI is InChI=1S/C20H26FN3O2/c1-20(2,3)24-17-7-5-6-16(14(17)12-22-24)23-19(25)11-13-8-9-18(26-4)15(21)10-13/h8-10,12,16H,5-7,11H2,1-4H3,(H,23,25). The van der Waals surface area contributed by atoms with Gasteiger partial charge in [0.05, 0.1) is 31.3 Å². The van der Waals surface area contributed by atoms with E-state index in [2.05, 4.69) is 35.9 Å². The van der Waals surface area contributed by atoms with Crippen molar-refractivity contribution >= 4 is 5.91 Å². The number of hydrogen-bond acceptors (Lipinski definition) is 3. The molecule has 0 fully saturated rings. The Hall–Kier alpha value is -2.37. The van der Waals surface area contributed by atoms with Crippen molar-refractivity contribution in [2.45, 2.75) is 58.0 Å². The van der Waals surface area contributed by atoms with Crippen molar-refractivity contribution in [3.05, 3.63) is 47.0 Å². The van der Waals surface area contributed by atoms with Gasteiger partial charge in [-0.2, -0.15) is 5.10 Å². The van der Waals surface area contributed by atoms with Crippen LogP contribution >= 0.6 is 0 Å². The molecule has 1 unspecified atom stereocenters. The first-order valence-corrected chi connectivity index (χ1v) is 8.98. The number of benzene rings is 1. The third-order valence-electron chi connectivity index (χ3n) is 4.73. The lowest BCUT2D eigenvalue weighted by atomic mass is 9.92. The fourth-order valence-electron chi connectivity index (χ4n) is 3.54. The van der Waals surface area contributed by atoms with Gasteiger partial charge in [0.1, 0.15) is 0 Å². The third-order valence-corrected chi connectivity index (χ3v) is 4.73. The van der Waals surface area contributed by atoms with Crippen LogP contribution in [0.25, 0.3) is 0 Å². The summed E-state index contributed by atoms with van der Waals surface area (Å²) in [5.74, 6) is -0.388. The monoisotopic (exact) mass is 359 g/mol. The zero-order chi connectivity index (χ0) is 18.9. The number of fused-ring (bicyclic) bond motifs is 1. The highest BCUT2D eigenvalue weighted by Gasteiger charge is 2.28. The molecule has 1 heterocycles. The van der Waals surface area contributed by atoms with E-state index in [4.69, 9.17) is 4.74 Å². The molecule has 1 N–H and O–H groups in total. The number of amides is 1. The minimum atomic E-state index is -0.454. The topological polar surface area (TPSA) is 56.1 Å². The molecule has 1 aliphatic rings. The van der Waals surface area contributed by atoms with Gasteiger partial charge >= 0.3 is 0 Å². The maximum atomic E-state index is 13.8. The zero-order valence-corrected chi connectivity index (χ0v) is 15.8. The van der Waals surface area contributed by atoms with Crippen LogP contribution in [0, 0.1) is 5.82 Å². The molecule has 2 aromatic rings. The van der Waals surface area contributed by atoms with E-state index < -0.39 is 5.82 Å². The van der Waals surface area contributed by atoms with Crippen LogP contribution in [0.15, 0.2) is 24.4 Å². The van der Waals surface area contributed by atoms with Gasteiger partial charge in [-0.15, -0.1) is 0 Å². The van der Waals surface area contributed by atoms with Crippen LogP contribution in [-0.2, 0) is 23.2 Å². The van der Waals surface area contributed by atoms with Gasteiger partial charge in [-0.1, -0.05) is 6.07 Å². The van der Waals surface area contributed by atoms with Crippen LogP contribution in [0.2, 0.25) is 0 Å². The molecule has 6 heteroatoms. The Labute approximate surface area is 153 Å². The van der Waals surface area contributed by atoms with Gasteiger partial charge in [0, 0.05) is 11.3 Å². The summed E-state index contributed by atoms with van der Waals surface area (Å²) in [5.41, 5.74) is 2.84. The van der Waals surface area contributed by atoms with Gasteiger partial charge in [-0.3, -0.25) is 9.48 Å². The fraction of sp³-hybridized carbons (Fsp3) is 0.500. The lowest BCUT2D eigenvalue weighted by Gasteiger charge is -2.28. The van der Waals surface area contributed by atoms with E-state index in [1.54, 1.807) is 12.1 Å². The first kappa shape index (κ1) is 18.4. The van der Waals surface area contributed by atoms with Crippen LogP contribution in [0.1, 0.15) is 56.5 Å². The molecule has 0 spiro atoms. The van der Waals surface area contributed by atoms with Crippen LogP contribution < -0.4 is 10.1 Å². The van der Waals surface area contributed by atoms with E-state index >= 15 is 0 Å². The predicted octanol–water partition coefficient (Wildman–Crippen LogP) is 3.52. The molecule has 5 nitrogen and oxygen atoms in total. The molecule has 26 heavy (non-hydrogen) atoms. The zero-order valence-electron chi connectivity index (χ0n) is 15.8. The summed E-state index contributed by atoms with van der Waals surface area (Å²) in [6, 6.07) is 4.57. The molecule has 0 bridgehead atoms. The molecule has 140 valence electrons. The normalized spacial score (nSPS) is 16.9. The van der Waals surface area contributed by atoms with Gasteiger partial charge < -0.3 is 10.1 Å². The second-order valence-electron chi connectivity index (χ2n) is 7.79.